The number of hydrogen-bond donors (Lipinski definition) is 18. The van der Waals surface area contributed by atoms with E-state index in [4.69, 9.17) is 49.6 Å². The molecule has 71 heavy (non-hydrogen) atoms. The summed E-state index contributed by atoms with van der Waals surface area (Å²) in [5.74, 6) is -1.82. The van der Waals surface area contributed by atoms with Gasteiger partial charge in [0.15, 0.2) is 24.3 Å². The van der Waals surface area contributed by atoms with Gasteiger partial charge >= 0.3 is 6.09 Å². The standard InChI is InChI=1S/C43H82N16O12/c44-11-1-6-23(45)16-30(62)51-12-2-7-24(46)17-31(63)52-13-3-8-25(47)18-32(64)53-14-4-9-26(48)19-33(65)54-15-5-10-27(49)20-34(66)56-37-38(67)39(71-42(50)69)29(22-60)70-41(37)59-43-57-35-28(61)21-55-40(68)36(35)58-43/h23-29,35-39,41,60-61,67H,1-22,44-49H2,(H2,50,69)(H,51,62)(H,52,63)(H,53,64)(H,54,65)(H,55,68)(H,56,66)(H2,57,58,59). The number of piperidine rings is 1. The first-order valence-electron chi connectivity index (χ1n) is 24.6. The minimum absolute atomic E-state index is 0.00440. The number of β-amino-alcohol motifs (C(OH)–C–C–N with tert-alkyl or cyclic N) is 1. The van der Waals surface area contributed by atoms with Crippen molar-refractivity contribution in [3.63, 3.8) is 0 Å². The molecule has 28 nitrogen and oxygen atoms in total. The Balaban J connectivity index is 1.24. The lowest BCUT2D eigenvalue weighted by molar-refractivity contribution is -0.198. The van der Waals surface area contributed by atoms with Gasteiger partial charge in [0.05, 0.1) is 18.8 Å². The van der Waals surface area contributed by atoms with E-state index < -0.39 is 91.4 Å². The van der Waals surface area contributed by atoms with Crippen molar-refractivity contribution < 1.29 is 58.4 Å². The maximum atomic E-state index is 13.2. The molecular weight excluding hydrogens is 933 g/mol. The lowest BCUT2D eigenvalue weighted by Gasteiger charge is -2.44. The zero-order chi connectivity index (χ0) is 52.5. The van der Waals surface area contributed by atoms with Crippen LogP contribution in [0.3, 0.4) is 0 Å². The highest BCUT2D eigenvalue weighted by atomic mass is 16.6. The fourth-order valence-electron chi connectivity index (χ4n) is 8.32. The molecule has 3 heterocycles. The van der Waals surface area contributed by atoms with Crippen LogP contribution in [0.5, 0.6) is 0 Å². The molecule has 0 radical (unpaired) electrons. The van der Waals surface area contributed by atoms with Crippen LogP contribution in [-0.4, -0.2) is 188 Å². The average molecular weight is 1020 g/mol. The third-order valence-electron chi connectivity index (χ3n) is 12.2. The number of hydrogen-bond acceptors (Lipinski definition) is 21. The summed E-state index contributed by atoms with van der Waals surface area (Å²) in [5.41, 5.74) is 41.2. The molecule has 0 aromatic carbocycles. The number of rotatable bonds is 33. The quantitative estimate of drug-likeness (QED) is 0.0272. The molecule has 2 saturated heterocycles. The van der Waals surface area contributed by atoms with Crippen LogP contribution in [0.15, 0.2) is 4.99 Å². The molecule has 0 spiro atoms. The molecule has 3 rings (SSSR count). The van der Waals surface area contributed by atoms with Crippen LogP contribution in [0.25, 0.3) is 0 Å². The average Bonchev–Trinajstić information content (AvgIpc) is 3.74. The normalized spacial score (nSPS) is 24.8. The maximum absolute atomic E-state index is 13.2. The second-order valence-electron chi connectivity index (χ2n) is 18.5. The van der Waals surface area contributed by atoms with Crippen LogP contribution >= 0.6 is 0 Å². The highest BCUT2D eigenvalue weighted by molar-refractivity contribution is 5.93. The summed E-state index contributed by atoms with van der Waals surface area (Å²) >= 11 is 0. The Hall–Kier alpha value is -5.04. The van der Waals surface area contributed by atoms with E-state index in [0.717, 1.165) is 6.42 Å². The molecule has 3 aliphatic heterocycles. The SMILES string of the molecule is NCCCC(N)CC(=O)NCCCC(N)CC(=O)NCCCC(N)CC(=O)NCCCC(N)CC(=O)NCCCC(N)CC(=O)NC1C(NC2=NC3C(=O)NCC(O)C3N2)OC(CO)C(OC(N)=O)C1O. The zero-order valence-electron chi connectivity index (χ0n) is 40.6. The van der Waals surface area contributed by atoms with E-state index in [0.29, 0.717) is 84.0 Å². The van der Waals surface area contributed by atoms with E-state index in [9.17, 15) is 48.9 Å². The van der Waals surface area contributed by atoms with Gasteiger partial charge < -0.3 is 107 Å². The smallest absolute Gasteiger partial charge is 0.404 e. The summed E-state index contributed by atoms with van der Waals surface area (Å²) in [5, 5.41) is 53.7. The van der Waals surface area contributed by atoms with Gasteiger partial charge in [-0.3, -0.25) is 28.8 Å². The van der Waals surface area contributed by atoms with Crippen LogP contribution in [0.2, 0.25) is 0 Å². The van der Waals surface area contributed by atoms with E-state index in [2.05, 4.69) is 47.5 Å². The Labute approximate surface area is 413 Å². The number of fused-ring (bicyclic) bond motifs is 1. The maximum Gasteiger partial charge on any atom is 0.404 e. The van der Waals surface area contributed by atoms with E-state index >= 15 is 0 Å². The van der Waals surface area contributed by atoms with Gasteiger partial charge in [-0.2, -0.15) is 0 Å². The van der Waals surface area contributed by atoms with Gasteiger partial charge in [-0.05, 0) is 70.8 Å². The molecule has 0 saturated carbocycles. The Morgan fingerprint density at radius 2 is 1.11 bits per heavy atom. The topological polar surface area (TPSA) is 489 Å². The number of aliphatic imine (C=N–C) groups is 1. The fourth-order valence-corrected chi connectivity index (χ4v) is 8.32. The van der Waals surface area contributed by atoms with Crippen LogP contribution in [0, 0.1) is 0 Å². The van der Waals surface area contributed by atoms with E-state index in [1.54, 1.807) is 0 Å². The molecule has 13 unspecified atom stereocenters. The van der Waals surface area contributed by atoms with E-state index in [1.807, 2.05) is 0 Å². The van der Waals surface area contributed by atoms with Gasteiger partial charge in [0.25, 0.3) is 0 Å². The van der Waals surface area contributed by atoms with Crippen LogP contribution in [0.4, 0.5) is 4.79 Å². The summed E-state index contributed by atoms with van der Waals surface area (Å²) in [6.45, 7) is 1.29. The Bertz CT molecular complexity index is 1740. The largest absolute Gasteiger partial charge is 0.441 e. The molecule has 3 aliphatic rings. The number of nitrogens with two attached hydrogens (primary N) is 7. The summed E-state index contributed by atoms with van der Waals surface area (Å²) in [7, 11) is 0. The molecule has 7 amide bonds. The van der Waals surface area contributed by atoms with Gasteiger partial charge in [0.2, 0.25) is 35.4 Å². The van der Waals surface area contributed by atoms with Crippen molar-refractivity contribution in [2.24, 2.45) is 45.1 Å². The van der Waals surface area contributed by atoms with Gasteiger partial charge in [-0.15, -0.1) is 0 Å². The summed E-state index contributed by atoms with van der Waals surface area (Å²) in [6.07, 6.45) is -2.02. The van der Waals surface area contributed by atoms with E-state index in [1.165, 1.54) is 0 Å². The van der Waals surface area contributed by atoms with Gasteiger partial charge in [0.1, 0.15) is 18.2 Å². The van der Waals surface area contributed by atoms with Crippen molar-refractivity contribution >= 4 is 47.5 Å². The third-order valence-corrected chi connectivity index (χ3v) is 12.2. The highest BCUT2D eigenvalue weighted by Gasteiger charge is 2.49. The van der Waals surface area contributed by atoms with Crippen LogP contribution in [-0.2, 0) is 38.2 Å². The first-order valence-corrected chi connectivity index (χ1v) is 24.6. The first-order chi connectivity index (χ1) is 33.8. The Kier molecular flexibility index (Phi) is 27.3. The van der Waals surface area contributed by atoms with Crippen molar-refractivity contribution in [3.05, 3.63) is 0 Å². The lowest BCUT2D eigenvalue weighted by atomic mass is 9.95. The molecule has 0 aromatic heterocycles. The minimum atomic E-state index is -1.65. The number of carbonyl (C=O) groups excluding carboxylic acids is 7. The number of aliphatic hydroxyl groups is 3. The van der Waals surface area contributed by atoms with Gasteiger partial charge in [-0.1, -0.05) is 0 Å². The molecule has 406 valence electrons. The predicted octanol–water partition coefficient (Wildman–Crippen LogP) is -7.30. The number of ether oxygens (including phenoxy) is 2. The number of nitrogens with one attached hydrogen (secondary N) is 8. The highest BCUT2D eigenvalue weighted by Crippen LogP contribution is 2.24. The lowest BCUT2D eigenvalue weighted by Crippen LogP contribution is -2.70. The van der Waals surface area contributed by atoms with Crippen LogP contribution in [0.1, 0.15) is 96.3 Å². The predicted molar refractivity (Wildman–Crippen MR) is 259 cm³/mol. The second kappa shape index (κ2) is 32.1. The van der Waals surface area contributed by atoms with Crippen molar-refractivity contribution in [2.45, 2.75) is 175 Å². The summed E-state index contributed by atoms with van der Waals surface area (Å²) < 4.78 is 10.9. The molecule has 0 aliphatic carbocycles. The first kappa shape index (κ1) is 60.3. The zero-order valence-corrected chi connectivity index (χ0v) is 40.6. The van der Waals surface area contributed by atoms with E-state index in [-0.39, 0.29) is 86.9 Å². The molecule has 25 N–H and O–H groups in total. The molecule has 2 fully saturated rings. The Morgan fingerprint density at radius 3 is 1.51 bits per heavy atom. The summed E-state index contributed by atoms with van der Waals surface area (Å²) in [4.78, 5) is 90.6. The monoisotopic (exact) mass is 1010 g/mol. The molecular formula is C43H82N16O12. The van der Waals surface area contributed by atoms with Crippen molar-refractivity contribution in [1.29, 1.82) is 0 Å². The number of nitrogens with zero attached hydrogens (tertiary/aromatic N) is 1. The number of carbonyl (C=O) groups is 7. The van der Waals surface area contributed by atoms with Crippen LogP contribution < -0.4 is 82.7 Å². The molecule has 13 atom stereocenters. The van der Waals surface area contributed by atoms with Crippen molar-refractivity contribution in [1.82, 2.24) is 42.5 Å². The molecule has 28 heteroatoms. The van der Waals surface area contributed by atoms with Crippen molar-refractivity contribution in [3.8, 4) is 0 Å². The number of amides is 7. The van der Waals surface area contributed by atoms with Gasteiger partial charge in [-0.25, -0.2) is 9.79 Å². The van der Waals surface area contributed by atoms with Gasteiger partial charge in [0, 0.05) is 95.0 Å². The molecule has 0 aromatic rings. The number of guanidine groups is 1. The summed E-state index contributed by atoms with van der Waals surface area (Å²) in [6, 6.07) is -5.13. The minimum Gasteiger partial charge on any atom is -0.441 e. The van der Waals surface area contributed by atoms with Crippen molar-refractivity contribution in [2.75, 3.05) is 45.9 Å². The fraction of sp³-hybridized carbons (Fsp3) is 0.814. The second-order valence-corrected chi connectivity index (χ2v) is 18.5. The third kappa shape index (κ3) is 22.9. The molecule has 0 bridgehead atoms. The number of primary amides is 1. The number of aliphatic hydroxyl groups excluding tert-OH is 3. The Morgan fingerprint density at radius 1 is 0.690 bits per heavy atom.